The quantitative estimate of drug-likeness (QED) is 0.620. The predicted octanol–water partition coefficient (Wildman–Crippen LogP) is 3.76. The van der Waals surface area contributed by atoms with Crippen molar-refractivity contribution in [3.63, 3.8) is 0 Å². The van der Waals surface area contributed by atoms with E-state index in [1.165, 1.54) is 17.8 Å². The molecule has 0 heterocycles. The van der Waals surface area contributed by atoms with Crippen LogP contribution in [0.25, 0.3) is 0 Å². The van der Waals surface area contributed by atoms with Crippen LogP contribution in [-0.4, -0.2) is 19.1 Å². The number of hydrogen-bond donors (Lipinski definition) is 0. The smallest absolute Gasteiger partial charge is 0.283 e. The molecule has 20 heavy (non-hydrogen) atoms. The monoisotopic (exact) mass is 291 g/mol. The molecule has 0 saturated carbocycles. The SMILES string of the molecule is COc1ccc(Sc2ccccc2[N+](=O)[O-])cc1OC. The molecule has 0 aliphatic carbocycles. The molecule has 0 atom stereocenters. The minimum atomic E-state index is -0.386. The average molecular weight is 291 g/mol. The molecule has 0 bridgehead atoms. The number of rotatable bonds is 5. The number of hydrogen-bond acceptors (Lipinski definition) is 5. The second-order valence-corrected chi connectivity index (χ2v) is 4.96. The highest BCUT2D eigenvalue weighted by molar-refractivity contribution is 7.99. The summed E-state index contributed by atoms with van der Waals surface area (Å²) in [6, 6.07) is 12.0. The van der Waals surface area contributed by atoms with Crippen molar-refractivity contribution in [1.82, 2.24) is 0 Å². The first-order chi connectivity index (χ1) is 9.65. The summed E-state index contributed by atoms with van der Waals surface area (Å²) in [6.07, 6.45) is 0. The second-order valence-electron chi connectivity index (χ2n) is 3.84. The maximum atomic E-state index is 11.0. The van der Waals surface area contributed by atoms with Gasteiger partial charge in [-0.2, -0.15) is 0 Å². The maximum Gasteiger partial charge on any atom is 0.283 e. The van der Waals surface area contributed by atoms with E-state index in [-0.39, 0.29) is 10.6 Å². The number of nitro benzene ring substituents is 1. The summed E-state index contributed by atoms with van der Waals surface area (Å²) in [5, 5.41) is 11.0. The van der Waals surface area contributed by atoms with Gasteiger partial charge < -0.3 is 9.47 Å². The molecular weight excluding hydrogens is 278 g/mol. The molecule has 2 aromatic carbocycles. The van der Waals surface area contributed by atoms with Gasteiger partial charge in [-0.3, -0.25) is 10.1 Å². The van der Waals surface area contributed by atoms with Gasteiger partial charge in [0.05, 0.1) is 24.0 Å². The lowest BCUT2D eigenvalue weighted by Gasteiger charge is -2.09. The fourth-order valence-electron chi connectivity index (χ4n) is 1.70. The van der Waals surface area contributed by atoms with Gasteiger partial charge in [0.15, 0.2) is 11.5 Å². The molecule has 0 fully saturated rings. The molecule has 0 spiro atoms. The zero-order chi connectivity index (χ0) is 14.5. The van der Waals surface area contributed by atoms with Gasteiger partial charge in [0.1, 0.15) is 0 Å². The van der Waals surface area contributed by atoms with E-state index in [2.05, 4.69) is 0 Å². The predicted molar refractivity (Wildman–Crippen MR) is 76.8 cm³/mol. The first-order valence-electron chi connectivity index (χ1n) is 5.79. The maximum absolute atomic E-state index is 11.0. The van der Waals surface area contributed by atoms with Gasteiger partial charge in [0.2, 0.25) is 0 Å². The van der Waals surface area contributed by atoms with Crippen molar-refractivity contribution in [2.45, 2.75) is 9.79 Å². The third-order valence-electron chi connectivity index (χ3n) is 2.64. The third-order valence-corrected chi connectivity index (χ3v) is 3.70. The summed E-state index contributed by atoms with van der Waals surface area (Å²) in [5.74, 6) is 1.22. The number of nitrogens with zero attached hydrogens (tertiary/aromatic N) is 1. The largest absolute Gasteiger partial charge is 0.493 e. The van der Waals surface area contributed by atoms with E-state index in [1.54, 1.807) is 44.6 Å². The van der Waals surface area contributed by atoms with Gasteiger partial charge >= 0.3 is 0 Å². The highest BCUT2D eigenvalue weighted by Gasteiger charge is 2.14. The Morgan fingerprint density at radius 2 is 1.75 bits per heavy atom. The molecule has 104 valence electrons. The van der Waals surface area contributed by atoms with Crippen LogP contribution in [0, 0.1) is 10.1 Å². The zero-order valence-electron chi connectivity index (χ0n) is 11.0. The van der Waals surface area contributed by atoms with E-state index in [0.29, 0.717) is 16.4 Å². The number of para-hydroxylation sites is 1. The fraction of sp³-hybridized carbons (Fsp3) is 0.143. The summed E-state index contributed by atoms with van der Waals surface area (Å²) in [5.41, 5.74) is 0.0901. The van der Waals surface area contributed by atoms with Crippen molar-refractivity contribution in [1.29, 1.82) is 0 Å². The molecule has 0 amide bonds. The Morgan fingerprint density at radius 3 is 2.40 bits per heavy atom. The van der Waals surface area contributed by atoms with E-state index in [9.17, 15) is 10.1 Å². The molecule has 0 radical (unpaired) electrons. The van der Waals surface area contributed by atoms with Crippen molar-refractivity contribution in [3.05, 3.63) is 52.6 Å². The lowest BCUT2D eigenvalue weighted by Crippen LogP contribution is -1.91. The zero-order valence-corrected chi connectivity index (χ0v) is 11.8. The van der Waals surface area contributed by atoms with Crippen LogP contribution in [0.1, 0.15) is 0 Å². The topological polar surface area (TPSA) is 61.6 Å². The minimum absolute atomic E-state index is 0.0901. The lowest BCUT2D eigenvalue weighted by atomic mass is 10.3. The van der Waals surface area contributed by atoms with E-state index in [4.69, 9.17) is 9.47 Å². The van der Waals surface area contributed by atoms with E-state index in [0.717, 1.165) is 4.90 Å². The van der Waals surface area contributed by atoms with Crippen molar-refractivity contribution < 1.29 is 14.4 Å². The van der Waals surface area contributed by atoms with Gasteiger partial charge in [-0.05, 0) is 24.3 Å². The normalized spacial score (nSPS) is 10.1. The standard InChI is InChI=1S/C14H13NO4S/c1-18-12-8-7-10(9-13(12)19-2)20-14-6-4-3-5-11(14)15(16)17/h3-9H,1-2H3. The molecule has 6 heteroatoms. The van der Waals surface area contributed by atoms with Crippen LogP contribution in [0.15, 0.2) is 52.3 Å². The molecule has 5 nitrogen and oxygen atoms in total. The van der Waals surface area contributed by atoms with Crippen molar-refractivity contribution in [2.24, 2.45) is 0 Å². The Bertz CT molecular complexity index is 630. The van der Waals surface area contributed by atoms with Gasteiger partial charge in [0.25, 0.3) is 5.69 Å². The Labute approximate surface area is 120 Å². The molecule has 0 aliphatic heterocycles. The van der Waals surface area contributed by atoms with Gasteiger partial charge in [-0.1, -0.05) is 23.9 Å². The molecule has 0 saturated heterocycles. The summed E-state index contributed by atoms with van der Waals surface area (Å²) in [4.78, 5) is 12.0. The van der Waals surface area contributed by atoms with E-state index >= 15 is 0 Å². The minimum Gasteiger partial charge on any atom is -0.493 e. The molecular formula is C14H13NO4S. The molecule has 0 aromatic heterocycles. The molecule has 0 unspecified atom stereocenters. The van der Waals surface area contributed by atoms with Crippen LogP contribution in [-0.2, 0) is 0 Å². The molecule has 2 aromatic rings. The van der Waals surface area contributed by atoms with Crippen LogP contribution in [0.4, 0.5) is 5.69 Å². The van der Waals surface area contributed by atoms with Gasteiger partial charge in [-0.25, -0.2) is 0 Å². The Hall–Kier alpha value is -2.21. The first-order valence-corrected chi connectivity index (χ1v) is 6.60. The number of nitro groups is 1. The number of benzene rings is 2. The molecule has 0 aliphatic rings. The molecule has 2 rings (SSSR count). The van der Waals surface area contributed by atoms with Crippen molar-refractivity contribution in [3.8, 4) is 11.5 Å². The summed E-state index contributed by atoms with van der Waals surface area (Å²) in [6.45, 7) is 0. The fourth-order valence-corrected chi connectivity index (χ4v) is 2.65. The van der Waals surface area contributed by atoms with Crippen LogP contribution in [0.2, 0.25) is 0 Å². The Morgan fingerprint density at radius 1 is 1.05 bits per heavy atom. The van der Waals surface area contributed by atoms with Crippen LogP contribution < -0.4 is 9.47 Å². The highest BCUT2D eigenvalue weighted by atomic mass is 32.2. The Kier molecular flexibility index (Phi) is 4.47. The number of ether oxygens (including phenoxy) is 2. The molecule has 0 N–H and O–H groups in total. The highest BCUT2D eigenvalue weighted by Crippen LogP contribution is 2.38. The second kappa shape index (κ2) is 6.29. The van der Waals surface area contributed by atoms with Gasteiger partial charge in [-0.15, -0.1) is 0 Å². The van der Waals surface area contributed by atoms with Crippen molar-refractivity contribution in [2.75, 3.05) is 14.2 Å². The van der Waals surface area contributed by atoms with Crippen LogP contribution in [0.3, 0.4) is 0 Å². The average Bonchev–Trinajstić information content (AvgIpc) is 2.47. The van der Waals surface area contributed by atoms with Crippen LogP contribution >= 0.6 is 11.8 Å². The van der Waals surface area contributed by atoms with Crippen LogP contribution in [0.5, 0.6) is 11.5 Å². The van der Waals surface area contributed by atoms with Gasteiger partial charge in [0, 0.05) is 11.0 Å². The third kappa shape index (κ3) is 3.03. The lowest BCUT2D eigenvalue weighted by molar-refractivity contribution is -0.387. The summed E-state index contributed by atoms with van der Waals surface area (Å²) in [7, 11) is 3.12. The Balaban J connectivity index is 2.33. The summed E-state index contributed by atoms with van der Waals surface area (Å²) < 4.78 is 10.4. The first kappa shape index (κ1) is 14.2. The van der Waals surface area contributed by atoms with E-state index in [1.807, 2.05) is 6.07 Å². The van der Waals surface area contributed by atoms with E-state index < -0.39 is 0 Å². The summed E-state index contributed by atoms with van der Waals surface area (Å²) >= 11 is 1.31. The van der Waals surface area contributed by atoms with Crippen molar-refractivity contribution >= 4 is 17.4 Å². The number of methoxy groups -OCH3 is 2.